The van der Waals surface area contributed by atoms with Crippen molar-refractivity contribution < 1.29 is 9.90 Å². The maximum atomic E-state index is 12.6. The summed E-state index contributed by atoms with van der Waals surface area (Å²) in [6.07, 6.45) is 5.35. The molecule has 0 saturated carbocycles. The molecule has 0 unspecified atom stereocenters. The first-order chi connectivity index (χ1) is 14.7. The predicted octanol–water partition coefficient (Wildman–Crippen LogP) is 5.27. The van der Waals surface area contributed by atoms with Crippen LogP contribution in [0.4, 0.5) is 5.82 Å². The fourth-order valence-electron chi connectivity index (χ4n) is 2.90. The monoisotopic (exact) mass is 393 g/mol. The van der Waals surface area contributed by atoms with Crippen molar-refractivity contribution in [3.63, 3.8) is 0 Å². The van der Waals surface area contributed by atoms with Gasteiger partial charge in [-0.25, -0.2) is 9.97 Å². The van der Waals surface area contributed by atoms with Gasteiger partial charge in [-0.3, -0.25) is 4.79 Å². The van der Waals surface area contributed by atoms with Crippen LogP contribution < -0.4 is 5.32 Å². The second kappa shape index (κ2) is 8.84. The predicted molar refractivity (Wildman–Crippen MR) is 119 cm³/mol. The highest BCUT2D eigenvalue weighted by Gasteiger charge is 2.12. The average molecular weight is 393 g/mol. The van der Waals surface area contributed by atoms with Crippen LogP contribution in [0.1, 0.15) is 21.6 Å². The van der Waals surface area contributed by atoms with Crippen molar-refractivity contribution in [3.05, 3.63) is 108 Å². The van der Waals surface area contributed by atoms with Gasteiger partial charge >= 0.3 is 0 Å². The van der Waals surface area contributed by atoms with Crippen molar-refractivity contribution in [1.29, 1.82) is 0 Å². The number of hydrogen-bond donors (Lipinski definition) is 2. The molecule has 0 aliphatic heterocycles. The summed E-state index contributed by atoms with van der Waals surface area (Å²) in [6.45, 7) is 0. The van der Waals surface area contributed by atoms with Crippen molar-refractivity contribution >= 4 is 23.9 Å². The molecule has 3 aromatic carbocycles. The number of aromatic nitrogens is 2. The summed E-state index contributed by atoms with van der Waals surface area (Å²) >= 11 is 0. The normalized spacial score (nSPS) is 10.8. The Bertz CT molecular complexity index is 1170. The molecule has 146 valence electrons. The molecule has 2 N–H and O–H groups in total. The van der Waals surface area contributed by atoms with E-state index in [1.54, 1.807) is 42.6 Å². The molecule has 0 aliphatic rings. The minimum Gasteiger partial charge on any atom is -0.508 e. The lowest BCUT2D eigenvalue weighted by atomic mass is 10.1. The van der Waals surface area contributed by atoms with Crippen molar-refractivity contribution in [2.45, 2.75) is 0 Å². The van der Waals surface area contributed by atoms with E-state index in [4.69, 9.17) is 0 Å². The third kappa shape index (κ3) is 4.59. The Morgan fingerprint density at radius 2 is 1.50 bits per heavy atom. The molecule has 5 heteroatoms. The zero-order valence-corrected chi connectivity index (χ0v) is 16.1. The van der Waals surface area contributed by atoms with Crippen LogP contribution >= 0.6 is 0 Å². The van der Waals surface area contributed by atoms with Crippen LogP contribution in [0.25, 0.3) is 23.4 Å². The fourth-order valence-corrected chi connectivity index (χ4v) is 2.90. The highest BCUT2D eigenvalue weighted by atomic mass is 16.3. The number of benzene rings is 3. The molecule has 1 amide bonds. The molecular formula is C25H19N3O2. The number of phenols is 1. The molecule has 30 heavy (non-hydrogen) atoms. The lowest BCUT2D eigenvalue weighted by Gasteiger charge is -2.09. The number of aromatic hydroxyl groups is 1. The molecule has 0 bridgehead atoms. The Morgan fingerprint density at radius 1 is 0.833 bits per heavy atom. The van der Waals surface area contributed by atoms with E-state index in [1.165, 1.54) is 0 Å². The second-order valence-corrected chi connectivity index (χ2v) is 6.60. The van der Waals surface area contributed by atoms with Crippen molar-refractivity contribution in [3.8, 4) is 17.0 Å². The summed E-state index contributed by atoms with van der Waals surface area (Å²) < 4.78 is 0. The van der Waals surface area contributed by atoms with Gasteiger partial charge in [0.2, 0.25) is 0 Å². The second-order valence-electron chi connectivity index (χ2n) is 6.60. The fraction of sp³-hybridized carbons (Fsp3) is 0. The van der Waals surface area contributed by atoms with E-state index >= 15 is 0 Å². The first-order valence-corrected chi connectivity index (χ1v) is 9.45. The molecule has 4 aromatic rings. The van der Waals surface area contributed by atoms with Gasteiger partial charge < -0.3 is 10.4 Å². The van der Waals surface area contributed by atoms with Crippen molar-refractivity contribution in [2.75, 3.05) is 5.32 Å². The maximum Gasteiger partial charge on any atom is 0.256 e. The van der Waals surface area contributed by atoms with Crippen LogP contribution in [0.15, 0.2) is 91.1 Å². The molecule has 0 radical (unpaired) electrons. The summed E-state index contributed by atoms with van der Waals surface area (Å²) in [5.41, 5.74) is 3.54. The number of carbonyl (C=O) groups is 1. The molecule has 4 rings (SSSR count). The van der Waals surface area contributed by atoms with Gasteiger partial charge in [0.15, 0.2) is 5.82 Å². The number of rotatable bonds is 5. The topological polar surface area (TPSA) is 75.1 Å². The molecule has 0 atom stereocenters. The SMILES string of the molecule is O=C(Nc1ncc(-c2ccc(O)cc2)nc1/C=C/c1ccccc1)c1ccccc1. The van der Waals surface area contributed by atoms with E-state index in [9.17, 15) is 9.90 Å². The molecule has 1 aromatic heterocycles. The summed E-state index contributed by atoms with van der Waals surface area (Å²) in [6, 6.07) is 25.5. The lowest BCUT2D eigenvalue weighted by Crippen LogP contribution is -2.14. The van der Waals surface area contributed by atoms with Gasteiger partial charge in [-0.2, -0.15) is 0 Å². The zero-order chi connectivity index (χ0) is 20.8. The number of phenolic OH excluding ortho intramolecular Hbond substituents is 1. The molecule has 5 nitrogen and oxygen atoms in total. The number of amides is 1. The molecule has 0 aliphatic carbocycles. The van der Waals surface area contributed by atoms with Crippen LogP contribution in [0.3, 0.4) is 0 Å². The Hall–Kier alpha value is -4.25. The van der Waals surface area contributed by atoms with E-state index in [2.05, 4.69) is 15.3 Å². The van der Waals surface area contributed by atoms with Crippen LogP contribution in [0.2, 0.25) is 0 Å². The Morgan fingerprint density at radius 3 is 2.20 bits per heavy atom. The highest BCUT2D eigenvalue weighted by Crippen LogP contribution is 2.23. The summed E-state index contributed by atoms with van der Waals surface area (Å²) in [7, 11) is 0. The van der Waals surface area contributed by atoms with Gasteiger partial charge in [-0.1, -0.05) is 54.6 Å². The van der Waals surface area contributed by atoms with Crippen LogP contribution in [-0.4, -0.2) is 21.0 Å². The van der Waals surface area contributed by atoms with Gasteiger partial charge in [-0.05, 0) is 48.0 Å². The first kappa shape index (κ1) is 19.1. The van der Waals surface area contributed by atoms with Crippen LogP contribution in [0.5, 0.6) is 5.75 Å². The van der Waals surface area contributed by atoms with Gasteiger partial charge in [0.1, 0.15) is 11.4 Å². The molecule has 1 heterocycles. The molecule has 0 saturated heterocycles. The molecular weight excluding hydrogens is 374 g/mol. The molecule has 0 spiro atoms. The maximum absolute atomic E-state index is 12.6. The zero-order valence-electron chi connectivity index (χ0n) is 16.1. The smallest absolute Gasteiger partial charge is 0.256 e. The minimum atomic E-state index is -0.253. The summed E-state index contributed by atoms with van der Waals surface area (Å²) in [5, 5.41) is 12.4. The standard InChI is InChI=1S/C25H19N3O2/c29-21-14-12-19(13-15-21)23-17-26-24(28-25(30)20-9-5-2-6-10-20)22(27-23)16-11-18-7-3-1-4-8-18/h1-17,29H,(H,26,28,30)/b16-11+. The largest absolute Gasteiger partial charge is 0.508 e. The number of anilines is 1. The third-order valence-corrected chi connectivity index (χ3v) is 4.46. The van der Waals surface area contributed by atoms with Gasteiger partial charge in [0.05, 0.1) is 11.9 Å². The third-order valence-electron chi connectivity index (χ3n) is 4.46. The lowest BCUT2D eigenvalue weighted by molar-refractivity contribution is 0.102. The van der Waals surface area contributed by atoms with E-state index in [0.717, 1.165) is 11.1 Å². The summed E-state index contributed by atoms with van der Waals surface area (Å²) in [4.78, 5) is 21.7. The molecule has 0 fully saturated rings. The number of nitrogens with one attached hydrogen (secondary N) is 1. The average Bonchev–Trinajstić information content (AvgIpc) is 2.80. The van der Waals surface area contributed by atoms with Crippen LogP contribution in [0, 0.1) is 0 Å². The number of hydrogen-bond acceptors (Lipinski definition) is 4. The van der Waals surface area contributed by atoms with E-state index in [0.29, 0.717) is 22.8 Å². The van der Waals surface area contributed by atoms with Crippen molar-refractivity contribution in [2.24, 2.45) is 0 Å². The van der Waals surface area contributed by atoms with Crippen LogP contribution in [-0.2, 0) is 0 Å². The summed E-state index contributed by atoms with van der Waals surface area (Å²) in [5.74, 6) is 0.304. The number of carbonyl (C=O) groups excluding carboxylic acids is 1. The van der Waals surface area contributed by atoms with Gasteiger partial charge in [0.25, 0.3) is 5.91 Å². The van der Waals surface area contributed by atoms with Crippen molar-refractivity contribution in [1.82, 2.24) is 9.97 Å². The Balaban J connectivity index is 1.70. The highest BCUT2D eigenvalue weighted by molar-refractivity contribution is 6.04. The van der Waals surface area contributed by atoms with E-state index in [1.807, 2.05) is 60.7 Å². The van der Waals surface area contributed by atoms with Gasteiger partial charge in [0, 0.05) is 11.1 Å². The van der Waals surface area contributed by atoms with E-state index in [-0.39, 0.29) is 11.7 Å². The first-order valence-electron chi connectivity index (χ1n) is 9.45. The van der Waals surface area contributed by atoms with Gasteiger partial charge in [-0.15, -0.1) is 0 Å². The Kier molecular flexibility index (Phi) is 5.62. The minimum absolute atomic E-state index is 0.183. The van der Waals surface area contributed by atoms with E-state index < -0.39 is 0 Å². The quantitative estimate of drug-likeness (QED) is 0.484. The number of nitrogens with zero attached hydrogens (tertiary/aromatic N) is 2. The Labute approximate surface area is 174 Å².